The SMILES string of the molecule is CC(C)(C)C(CCC=O)CCC=O. The number of hydrogen-bond donors (Lipinski definition) is 0. The highest BCUT2D eigenvalue weighted by Gasteiger charge is 2.23. The molecule has 0 bridgehead atoms. The van der Waals surface area contributed by atoms with Gasteiger partial charge in [0, 0.05) is 12.8 Å². The smallest absolute Gasteiger partial charge is 0.120 e. The predicted molar refractivity (Wildman–Crippen MR) is 53.5 cm³/mol. The van der Waals surface area contributed by atoms with Crippen molar-refractivity contribution in [2.75, 3.05) is 0 Å². The summed E-state index contributed by atoms with van der Waals surface area (Å²) in [5, 5.41) is 0. The van der Waals surface area contributed by atoms with E-state index in [0.29, 0.717) is 18.8 Å². The summed E-state index contributed by atoms with van der Waals surface area (Å²) in [6, 6.07) is 0. The molecule has 13 heavy (non-hydrogen) atoms. The molecule has 0 rings (SSSR count). The van der Waals surface area contributed by atoms with Crippen molar-refractivity contribution < 1.29 is 9.59 Å². The van der Waals surface area contributed by atoms with Gasteiger partial charge in [-0.1, -0.05) is 20.8 Å². The van der Waals surface area contributed by atoms with Crippen LogP contribution >= 0.6 is 0 Å². The summed E-state index contributed by atoms with van der Waals surface area (Å²) in [4.78, 5) is 20.5. The van der Waals surface area contributed by atoms with Crippen molar-refractivity contribution in [3.63, 3.8) is 0 Å². The average molecular weight is 184 g/mol. The highest BCUT2D eigenvalue weighted by atomic mass is 16.1. The van der Waals surface area contributed by atoms with E-state index in [1.807, 2.05) is 0 Å². The summed E-state index contributed by atoms with van der Waals surface area (Å²) < 4.78 is 0. The highest BCUT2D eigenvalue weighted by Crippen LogP contribution is 2.32. The molecule has 0 saturated heterocycles. The third kappa shape index (κ3) is 5.56. The molecule has 0 unspecified atom stereocenters. The molecule has 0 aliphatic heterocycles. The molecule has 0 saturated carbocycles. The number of carbonyl (C=O) groups is 2. The molecule has 0 aromatic heterocycles. The minimum Gasteiger partial charge on any atom is -0.303 e. The highest BCUT2D eigenvalue weighted by molar-refractivity contribution is 5.50. The summed E-state index contributed by atoms with van der Waals surface area (Å²) in [7, 11) is 0. The second-order valence-corrected chi connectivity index (χ2v) is 4.55. The summed E-state index contributed by atoms with van der Waals surface area (Å²) in [5.74, 6) is 0.475. The van der Waals surface area contributed by atoms with Crippen LogP contribution < -0.4 is 0 Å². The van der Waals surface area contributed by atoms with E-state index < -0.39 is 0 Å². The molecule has 0 aliphatic carbocycles. The van der Waals surface area contributed by atoms with Crippen LogP contribution in [0.5, 0.6) is 0 Å². The fourth-order valence-corrected chi connectivity index (χ4v) is 1.55. The summed E-state index contributed by atoms with van der Waals surface area (Å²) >= 11 is 0. The second kappa shape index (κ2) is 5.90. The van der Waals surface area contributed by atoms with Crippen molar-refractivity contribution in [1.82, 2.24) is 0 Å². The maximum Gasteiger partial charge on any atom is 0.120 e. The lowest BCUT2D eigenvalue weighted by Crippen LogP contribution is -2.20. The van der Waals surface area contributed by atoms with Crippen molar-refractivity contribution in [3.8, 4) is 0 Å². The van der Waals surface area contributed by atoms with E-state index in [1.165, 1.54) is 0 Å². The lowest BCUT2D eigenvalue weighted by atomic mass is 9.76. The lowest BCUT2D eigenvalue weighted by Gasteiger charge is -2.29. The molecule has 0 N–H and O–H groups in total. The molecular formula is C11H20O2. The first-order valence-corrected chi connectivity index (χ1v) is 4.89. The number of carbonyl (C=O) groups excluding carboxylic acids is 2. The maximum atomic E-state index is 10.2. The fourth-order valence-electron chi connectivity index (χ4n) is 1.55. The van der Waals surface area contributed by atoms with Crippen LogP contribution in [0.1, 0.15) is 46.5 Å². The van der Waals surface area contributed by atoms with Crippen LogP contribution in [0.15, 0.2) is 0 Å². The quantitative estimate of drug-likeness (QED) is 0.595. The number of hydrogen-bond acceptors (Lipinski definition) is 2. The average Bonchev–Trinajstić information content (AvgIpc) is 2.02. The van der Waals surface area contributed by atoms with Gasteiger partial charge in [0.1, 0.15) is 12.6 Å². The van der Waals surface area contributed by atoms with E-state index in [0.717, 1.165) is 25.4 Å². The van der Waals surface area contributed by atoms with Crippen LogP contribution in [-0.4, -0.2) is 12.6 Å². The molecule has 0 spiro atoms. The Hall–Kier alpha value is -0.660. The van der Waals surface area contributed by atoms with Crippen molar-refractivity contribution >= 4 is 12.6 Å². The van der Waals surface area contributed by atoms with Crippen molar-refractivity contribution in [3.05, 3.63) is 0 Å². The Morgan fingerprint density at radius 2 is 1.38 bits per heavy atom. The Bertz CT molecular complexity index is 144. The van der Waals surface area contributed by atoms with Crippen LogP contribution in [0, 0.1) is 11.3 Å². The Kier molecular flexibility index (Phi) is 5.60. The van der Waals surface area contributed by atoms with Crippen LogP contribution in [0.4, 0.5) is 0 Å². The zero-order valence-corrected chi connectivity index (χ0v) is 8.88. The maximum absolute atomic E-state index is 10.2. The van der Waals surface area contributed by atoms with Gasteiger partial charge in [-0.3, -0.25) is 0 Å². The molecule has 0 heterocycles. The van der Waals surface area contributed by atoms with Gasteiger partial charge in [-0.2, -0.15) is 0 Å². The largest absolute Gasteiger partial charge is 0.303 e. The second-order valence-electron chi connectivity index (χ2n) is 4.55. The zero-order valence-electron chi connectivity index (χ0n) is 8.88. The lowest BCUT2D eigenvalue weighted by molar-refractivity contribution is -0.108. The van der Waals surface area contributed by atoms with Gasteiger partial charge in [0.25, 0.3) is 0 Å². The Balaban J connectivity index is 4.02. The normalized spacial score (nSPS) is 11.7. The molecule has 2 heteroatoms. The van der Waals surface area contributed by atoms with Gasteiger partial charge in [0.05, 0.1) is 0 Å². The molecule has 0 atom stereocenters. The third-order valence-corrected chi connectivity index (χ3v) is 2.49. The van der Waals surface area contributed by atoms with Crippen LogP contribution in [0.2, 0.25) is 0 Å². The minimum absolute atomic E-state index is 0.200. The van der Waals surface area contributed by atoms with Crippen LogP contribution in [-0.2, 0) is 9.59 Å². The zero-order chi connectivity index (χ0) is 10.3. The van der Waals surface area contributed by atoms with E-state index >= 15 is 0 Å². The fraction of sp³-hybridized carbons (Fsp3) is 0.818. The molecule has 0 fully saturated rings. The third-order valence-electron chi connectivity index (χ3n) is 2.49. The summed E-state index contributed by atoms with van der Waals surface area (Å²) in [6.45, 7) is 6.48. The van der Waals surface area contributed by atoms with Gasteiger partial charge in [-0.15, -0.1) is 0 Å². The van der Waals surface area contributed by atoms with E-state index in [4.69, 9.17) is 0 Å². The van der Waals surface area contributed by atoms with E-state index in [1.54, 1.807) is 0 Å². The van der Waals surface area contributed by atoms with Crippen LogP contribution in [0.3, 0.4) is 0 Å². The summed E-state index contributed by atoms with van der Waals surface area (Å²) in [5.41, 5.74) is 0.200. The number of aldehydes is 2. The molecule has 0 radical (unpaired) electrons. The topological polar surface area (TPSA) is 34.1 Å². The van der Waals surface area contributed by atoms with Crippen molar-refractivity contribution in [2.45, 2.75) is 46.5 Å². The van der Waals surface area contributed by atoms with E-state index in [9.17, 15) is 9.59 Å². The predicted octanol–water partition coefficient (Wildman–Crippen LogP) is 2.61. The molecule has 76 valence electrons. The van der Waals surface area contributed by atoms with E-state index in [2.05, 4.69) is 20.8 Å². The minimum atomic E-state index is 0.200. The molecule has 2 nitrogen and oxygen atoms in total. The van der Waals surface area contributed by atoms with E-state index in [-0.39, 0.29) is 5.41 Å². The monoisotopic (exact) mass is 184 g/mol. The summed E-state index contributed by atoms with van der Waals surface area (Å²) in [6.07, 6.45) is 4.95. The first kappa shape index (κ1) is 12.3. The molecule has 0 amide bonds. The van der Waals surface area contributed by atoms with Crippen molar-refractivity contribution in [1.29, 1.82) is 0 Å². The number of rotatable bonds is 6. The Morgan fingerprint density at radius 3 is 1.62 bits per heavy atom. The molecular weight excluding hydrogens is 164 g/mol. The van der Waals surface area contributed by atoms with Gasteiger partial charge in [-0.05, 0) is 24.2 Å². The molecule has 0 aliphatic rings. The standard InChI is InChI=1S/C11H20O2/c1-11(2,3)10(6-4-8-12)7-5-9-13/h8-10H,4-7H2,1-3H3. The van der Waals surface area contributed by atoms with Gasteiger partial charge in [0.15, 0.2) is 0 Å². The van der Waals surface area contributed by atoms with Crippen molar-refractivity contribution in [2.24, 2.45) is 11.3 Å². The van der Waals surface area contributed by atoms with Gasteiger partial charge < -0.3 is 9.59 Å². The first-order chi connectivity index (χ1) is 6.02. The first-order valence-electron chi connectivity index (χ1n) is 4.89. The Labute approximate surface area is 80.7 Å². The van der Waals surface area contributed by atoms with Gasteiger partial charge >= 0.3 is 0 Å². The molecule has 0 aromatic rings. The van der Waals surface area contributed by atoms with Gasteiger partial charge in [0.2, 0.25) is 0 Å². The molecule has 0 aromatic carbocycles. The van der Waals surface area contributed by atoms with Crippen LogP contribution in [0.25, 0.3) is 0 Å². The van der Waals surface area contributed by atoms with Gasteiger partial charge in [-0.25, -0.2) is 0 Å². The Morgan fingerprint density at radius 1 is 1.00 bits per heavy atom.